The topological polar surface area (TPSA) is 48.5 Å². The molecule has 76 heavy (non-hydrogen) atoms. The lowest BCUT2D eigenvalue weighted by Gasteiger charge is -2.23. The fourth-order valence-corrected chi connectivity index (χ4v) is 12.0. The molecule has 0 bridgehead atoms. The highest BCUT2D eigenvalue weighted by molar-refractivity contribution is 6.13. The Morgan fingerprint density at radius 1 is 0.289 bits per heavy atom. The Hall–Kier alpha value is -8.62. The van der Waals surface area contributed by atoms with Gasteiger partial charge < -0.3 is 9.13 Å². The van der Waals surface area contributed by atoms with Gasteiger partial charge in [0.15, 0.2) is 5.82 Å². The van der Waals surface area contributed by atoms with Gasteiger partial charge in [0.25, 0.3) is 0 Å². The van der Waals surface area contributed by atoms with Crippen LogP contribution in [0.2, 0.25) is 0 Å². The molecule has 12 rings (SSSR count). The third-order valence-electron chi connectivity index (χ3n) is 14.7. The zero-order valence-electron chi connectivity index (χ0n) is 44.4. The molecule has 0 aliphatic heterocycles. The molecule has 3 aromatic heterocycles. The number of aryl methyl sites for hydroxylation is 10. The minimum Gasteiger partial charge on any atom is -0.308 e. The molecular weight excluding hydrogens is 944 g/mol. The molecule has 0 saturated heterocycles. The Balaban J connectivity index is 1.27. The first-order chi connectivity index (χ1) is 36.3. The molecule has 0 amide bonds. The Morgan fingerprint density at radius 2 is 0.553 bits per heavy atom. The van der Waals surface area contributed by atoms with Crippen molar-refractivity contribution in [3.05, 3.63) is 219 Å². The van der Waals surface area contributed by atoms with Gasteiger partial charge in [-0.3, -0.25) is 0 Å². The van der Waals surface area contributed by atoms with E-state index in [0.717, 1.165) is 111 Å². The molecule has 0 aliphatic rings. The monoisotopic (exact) mass is 999 g/mol. The van der Waals surface area contributed by atoms with Gasteiger partial charge in [-0.25, -0.2) is 15.0 Å². The van der Waals surface area contributed by atoms with Gasteiger partial charge in [-0.05, 0) is 150 Å². The first kappa shape index (κ1) is 48.3. The second-order valence-electron chi connectivity index (χ2n) is 21.2. The molecule has 0 atom stereocenters. The number of benzene rings is 9. The summed E-state index contributed by atoms with van der Waals surface area (Å²) in [6.45, 7) is 20.1. The van der Waals surface area contributed by atoms with Crippen molar-refractivity contribution in [1.29, 1.82) is 0 Å². The van der Waals surface area contributed by atoms with Crippen molar-refractivity contribution in [3.8, 4) is 67.3 Å². The van der Waals surface area contributed by atoms with Crippen LogP contribution in [0.15, 0.2) is 158 Å². The molecule has 3 heterocycles. The van der Waals surface area contributed by atoms with E-state index < -0.39 is 11.7 Å². The van der Waals surface area contributed by atoms with Crippen molar-refractivity contribution in [1.82, 2.24) is 24.1 Å². The SMILES string of the molecule is Cc1cc(C)cc(-c2ccc3c4ccc(-c5cc(C)cc(C)c5)cc4n(-c4cc(-c5nc(C)nc(C)n5)cc(-n5c6cc(-c7cc(C)cc(C)c7)ccc6c6ccc(-c7cc(C)cc(C)c7)cc65)c4C(F)(F)F)c3c2)c1. The van der Waals surface area contributed by atoms with Gasteiger partial charge in [0.05, 0.1) is 33.4 Å². The van der Waals surface area contributed by atoms with Crippen LogP contribution >= 0.6 is 0 Å². The van der Waals surface area contributed by atoms with Gasteiger partial charge in [0.2, 0.25) is 0 Å². The number of rotatable bonds is 7. The van der Waals surface area contributed by atoms with E-state index in [9.17, 15) is 0 Å². The lowest BCUT2D eigenvalue weighted by molar-refractivity contribution is -0.137. The quantitative estimate of drug-likeness (QED) is 0.160. The smallest absolute Gasteiger partial charge is 0.308 e. The van der Waals surface area contributed by atoms with Crippen molar-refractivity contribution < 1.29 is 13.2 Å². The Kier molecular flexibility index (Phi) is 11.5. The van der Waals surface area contributed by atoms with Gasteiger partial charge in [-0.15, -0.1) is 0 Å². The maximum atomic E-state index is 17.4. The van der Waals surface area contributed by atoms with Crippen LogP contribution in [0.4, 0.5) is 13.2 Å². The third-order valence-corrected chi connectivity index (χ3v) is 14.7. The van der Waals surface area contributed by atoms with E-state index in [2.05, 4.69) is 206 Å². The second kappa shape index (κ2) is 18.0. The van der Waals surface area contributed by atoms with Crippen LogP contribution in [0.25, 0.3) is 111 Å². The van der Waals surface area contributed by atoms with Crippen LogP contribution < -0.4 is 0 Å². The molecule has 12 aromatic rings. The molecule has 374 valence electrons. The molecule has 8 heteroatoms. The van der Waals surface area contributed by atoms with E-state index >= 15 is 13.2 Å². The highest BCUT2D eigenvalue weighted by Crippen LogP contribution is 2.48. The number of fused-ring (bicyclic) bond motifs is 6. The van der Waals surface area contributed by atoms with Gasteiger partial charge in [-0.2, -0.15) is 13.2 Å². The highest BCUT2D eigenvalue weighted by Gasteiger charge is 2.40. The number of alkyl halides is 3. The van der Waals surface area contributed by atoms with Crippen molar-refractivity contribution in [3.63, 3.8) is 0 Å². The summed E-state index contributed by atoms with van der Waals surface area (Å²) in [5, 5.41) is 3.32. The number of nitrogens with zero attached hydrogens (tertiary/aromatic N) is 5. The van der Waals surface area contributed by atoms with Crippen LogP contribution in [-0.2, 0) is 6.18 Å². The average Bonchev–Trinajstić information content (AvgIpc) is 3.95. The molecule has 0 spiro atoms. The molecule has 5 nitrogen and oxygen atoms in total. The Bertz CT molecular complexity index is 3830. The van der Waals surface area contributed by atoms with Crippen LogP contribution in [0, 0.1) is 69.2 Å². The van der Waals surface area contributed by atoms with Crippen molar-refractivity contribution in [2.75, 3.05) is 0 Å². The first-order valence-electron chi connectivity index (χ1n) is 25.8. The molecule has 0 saturated carbocycles. The highest BCUT2D eigenvalue weighted by atomic mass is 19.4. The number of hydrogen-bond donors (Lipinski definition) is 0. The van der Waals surface area contributed by atoms with Crippen LogP contribution in [-0.4, -0.2) is 24.1 Å². The molecule has 0 aliphatic carbocycles. The van der Waals surface area contributed by atoms with E-state index in [-0.39, 0.29) is 17.2 Å². The van der Waals surface area contributed by atoms with E-state index in [1.54, 1.807) is 26.0 Å². The average molecular weight is 1000 g/mol. The van der Waals surface area contributed by atoms with E-state index in [0.29, 0.717) is 39.3 Å². The van der Waals surface area contributed by atoms with Gasteiger partial charge >= 0.3 is 6.18 Å². The van der Waals surface area contributed by atoms with Crippen LogP contribution in [0.1, 0.15) is 61.7 Å². The van der Waals surface area contributed by atoms with E-state index in [1.165, 1.54) is 0 Å². The standard InChI is InChI=1S/C68H56F3N5/c1-37-19-38(2)24-51(23-37)47-11-15-56-57-16-12-48(52-25-39(3)20-40(4)26-52)32-61(57)75(60(56)31-47)64-35-55(67-73-45(9)72-46(10)74-67)36-65(66(64)68(69,70)71)76-62-33-49(53-27-41(5)21-42(6)28-53)13-17-58(62)59-18-14-50(34-63(59)76)54-29-43(7)22-44(8)30-54/h11-36H,1-10H3. The molecule has 0 unspecified atom stereocenters. The zero-order chi connectivity index (χ0) is 53.1. The Labute approximate surface area is 441 Å². The molecule has 0 radical (unpaired) electrons. The lowest BCUT2D eigenvalue weighted by atomic mass is 9.98. The summed E-state index contributed by atoms with van der Waals surface area (Å²) in [5.74, 6) is 1.21. The van der Waals surface area contributed by atoms with Crippen LogP contribution in [0.5, 0.6) is 0 Å². The maximum Gasteiger partial charge on any atom is 0.420 e. The normalized spacial score (nSPS) is 12.0. The predicted molar refractivity (Wildman–Crippen MR) is 308 cm³/mol. The summed E-state index contributed by atoms with van der Waals surface area (Å²) in [7, 11) is 0. The summed E-state index contributed by atoms with van der Waals surface area (Å²) < 4.78 is 55.9. The Morgan fingerprint density at radius 3 is 0.803 bits per heavy atom. The molecule has 0 N–H and O–H groups in total. The van der Waals surface area contributed by atoms with Crippen molar-refractivity contribution >= 4 is 43.6 Å². The van der Waals surface area contributed by atoms with Gasteiger partial charge in [0, 0.05) is 27.1 Å². The largest absolute Gasteiger partial charge is 0.420 e. The minimum absolute atomic E-state index is 0.0446. The number of halogens is 3. The summed E-state index contributed by atoms with van der Waals surface area (Å²) in [6, 6.07) is 53.6. The molecule has 0 fully saturated rings. The minimum atomic E-state index is -4.90. The van der Waals surface area contributed by atoms with E-state index in [4.69, 9.17) is 9.97 Å². The summed E-state index contributed by atoms with van der Waals surface area (Å²) >= 11 is 0. The zero-order valence-corrected chi connectivity index (χ0v) is 44.4. The summed E-state index contributed by atoms with van der Waals surface area (Å²) in [5.41, 5.74) is 18.4. The fraction of sp³-hybridized carbons (Fsp3) is 0.162. The van der Waals surface area contributed by atoms with Crippen molar-refractivity contribution in [2.24, 2.45) is 0 Å². The lowest BCUT2D eigenvalue weighted by Crippen LogP contribution is -2.16. The van der Waals surface area contributed by atoms with Gasteiger partial charge in [0.1, 0.15) is 17.2 Å². The summed E-state index contributed by atoms with van der Waals surface area (Å²) in [4.78, 5) is 14.2. The van der Waals surface area contributed by atoms with Crippen LogP contribution in [0.3, 0.4) is 0 Å². The number of aromatic nitrogens is 5. The third kappa shape index (κ3) is 8.61. The van der Waals surface area contributed by atoms with Gasteiger partial charge in [-0.1, -0.05) is 166 Å². The molecular formula is C68H56F3N5. The maximum absolute atomic E-state index is 17.4. The van der Waals surface area contributed by atoms with Crippen molar-refractivity contribution in [2.45, 2.75) is 75.4 Å². The fourth-order valence-electron chi connectivity index (χ4n) is 12.0. The number of hydrogen-bond acceptors (Lipinski definition) is 3. The summed E-state index contributed by atoms with van der Waals surface area (Å²) in [6.07, 6.45) is -4.90. The second-order valence-corrected chi connectivity index (χ2v) is 21.2. The predicted octanol–water partition coefficient (Wildman–Crippen LogP) is 18.5. The first-order valence-corrected chi connectivity index (χ1v) is 25.8. The molecule has 9 aromatic carbocycles. The van der Waals surface area contributed by atoms with E-state index in [1.807, 2.05) is 9.13 Å².